The summed E-state index contributed by atoms with van der Waals surface area (Å²) in [6.45, 7) is 3.58. The second kappa shape index (κ2) is 5.88. The molecule has 0 atom stereocenters. The minimum absolute atomic E-state index is 0. The van der Waals surface area contributed by atoms with Gasteiger partial charge in [-0.15, -0.1) is 0 Å². The van der Waals surface area contributed by atoms with Gasteiger partial charge >= 0.3 is 0 Å². The first-order valence-corrected chi connectivity index (χ1v) is 5.58. The van der Waals surface area contributed by atoms with Gasteiger partial charge in [-0.25, -0.2) is 13.1 Å². The number of hydrogen-bond acceptors (Lipinski definition) is 2. The molecule has 1 rings (SSSR count). The average molecular weight is 222 g/mol. The van der Waals surface area contributed by atoms with E-state index in [-0.39, 0.29) is 35.6 Å². The zero-order valence-electron chi connectivity index (χ0n) is 8.69. The summed E-state index contributed by atoms with van der Waals surface area (Å²) in [4.78, 5) is 0.309. The molecule has 14 heavy (non-hydrogen) atoms. The predicted molar refractivity (Wildman–Crippen MR) is 57.7 cm³/mol. The van der Waals surface area contributed by atoms with Gasteiger partial charge < -0.3 is 0 Å². The normalized spacial score (nSPS) is 11.1. The van der Waals surface area contributed by atoms with Crippen molar-refractivity contribution in [2.45, 2.75) is 24.8 Å². The van der Waals surface area contributed by atoms with E-state index in [9.17, 15) is 8.42 Å². The van der Waals surface area contributed by atoms with E-state index in [0.717, 1.165) is 0 Å². The Labute approximate surface area is 107 Å². The standard InChI is InChI=1S/C9H13NO2S.Na/c1-8(2)10-13(11,12)9-6-4-3-5-7-9;/h3-8,10H,1-2H3;. The first-order valence-electron chi connectivity index (χ1n) is 4.10. The van der Waals surface area contributed by atoms with Crippen LogP contribution < -0.4 is 4.72 Å². The molecule has 73 valence electrons. The van der Waals surface area contributed by atoms with Crippen LogP contribution in [0.2, 0.25) is 0 Å². The van der Waals surface area contributed by atoms with Crippen LogP contribution in [0, 0.1) is 0 Å². The van der Waals surface area contributed by atoms with E-state index in [0.29, 0.717) is 4.90 Å². The molecule has 0 saturated carbocycles. The number of hydrogen-bond donors (Lipinski definition) is 1. The monoisotopic (exact) mass is 222 g/mol. The molecule has 1 aromatic carbocycles. The van der Waals surface area contributed by atoms with E-state index in [2.05, 4.69) is 4.72 Å². The fraction of sp³-hybridized carbons (Fsp3) is 0.333. The maximum atomic E-state index is 11.5. The van der Waals surface area contributed by atoms with Gasteiger partial charge in [-0.1, -0.05) is 18.2 Å². The SMILES string of the molecule is CC(C)NS(=O)(=O)c1ccccc1.[Na]. The van der Waals surface area contributed by atoms with Crippen molar-refractivity contribution in [2.24, 2.45) is 0 Å². The third-order valence-corrected chi connectivity index (χ3v) is 3.12. The Morgan fingerprint density at radius 3 is 2.07 bits per heavy atom. The quantitative estimate of drug-likeness (QED) is 0.775. The van der Waals surface area contributed by atoms with Crippen molar-refractivity contribution in [3.05, 3.63) is 30.3 Å². The van der Waals surface area contributed by atoms with Crippen LogP contribution in [0.3, 0.4) is 0 Å². The van der Waals surface area contributed by atoms with Crippen molar-refractivity contribution < 1.29 is 8.42 Å². The molecule has 5 heteroatoms. The van der Waals surface area contributed by atoms with E-state index in [1.807, 2.05) is 0 Å². The Morgan fingerprint density at radius 2 is 1.64 bits per heavy atom. The van der Waals surface area contributed by atoms with Crippen LogP contribution in [-0.2, 0) is 10.0 Å². The van der Waals surface area contributed by atoms with Gasteiger partial charge in [0.2, 0.25) is 10.0 Å². The van der Waals surface area contributed by atoms with Crippen LogP contribution in [0.25, 0.3) is 0 Å². The molecule has 0 aliphatic heterocycles. The smallest absolute Gasteiger partial charge is 0.209 e. The first kappa shape index (κ1) is 14.1. The largest absolute Gasteiger partial charge is 0.240 e. The van der Waals surface area contributed by atoms with E-state index in [1.54, 1.807) is 44.2 Å². The Hall–Kier alpha value is 0.130. The Kier molecular flexibility index (Phi) is 5.93. The van der Waals surface area contributed by atoms with Crippen LogP contribution in [0.1, 0.15) is 13.8 Å². The van der Waals surface area contributed by atoms with Crippen LogP contribution in [0.15, 0.2) is 35.2 Å². The Morgan fingerprint density at radius 1 is 1.14 bits per heavy atom. The van der Waals surface area contributed by atoms with Crippen LogP contribution in [0.5, 0.6) is 0 Å². The molecule has 1 N–H and O–H groups in total. The first-order chi connectivity index (χ1) is 6.02. The summed E-state index contributed by atoms with van der Waals surface area (Å²) in [7, 11) is -3.31. The molecule has 0 aromatic heterocycles. The molecule has 0 heterocycles. The number of nitrogens with one attached hydrogen (secondary N) is 1. The Balaban J connectivity index is 0.00000169. The van der Waals surface area contributed by atoms with Gasteiger partial charge in [0, 0.05) is 35.6 Å². The predicted octanol–water partition coefficient (Wildman–Crippen LogP) is 0.993. The van der Waals surface area contributed by atoms with Gasteiger partial charge in [0.15, 0.2) is 0 Å². The van der Waals surface area contributed by atoms with Crippen LogP contribution in [-0.4, -0.2) is 44.0 Å². The van der Waals surface area contributed by atoms with Crippen LogP contribution >= 0.6 is 0 Å². The molecule has 1 aromatic rings. The van der Waals surface area contributed by atoms with Crippen molar-refractivity contribution in [2.75, 3.05) is 0 Å². The van der Waals surface area contributed by atoms with Crippen molar-refractivity contribution in [3.8, 4) is 0 Å². The van der Waals surface area contributed by atoms with Crippen molar-refractivity contribution in [1.82, 2.24) is 4.72 Å². The average Bonchev–Trinajstić information content (AvgIpc) is 2.04. The maximum absolute atomic E-state index is 11.5. The summed E-state index contributed by atoms with van der Waals surface area (Å²) in [5.41, 5.74) is 0. The fourth-order valence-electron chi connectivity index (χ4n) is 0.978. The molecule has 3 nitrogen and oxygen atoms in total. The molecule has 0 fully saturated rings. The molecule has 0 aliphatic rings. The van der Waals surface area contributed by atoms with Gasteiger partial charge in [-0.05, 0) is 26.0 Å². The minimum Gasteiger partial charge on any atom is -0.209 e. The Bertz CT molecular complexity index is 362. The zero-order valence-corrected chi connectivity index (χ0v) is 11.5. The zero-order chi connectivity index (χ0) is 9.90. The summed E-state index contributed by atoms with van der Waals surface area (Å²) in [5.74, 6) is 0. The van der Waals surface area contributed by atoms with Crippen molar-refractivity contribution in [1.29, 1.82) is 0 Å². The molecule has 0 saturated heterocycles. The topological polar surface area (TPSA) is 46.2 Å². The molecular formula is C9H13NNaO2S. The molecule has 0 unspecified atom stereocenters. The van der Waals surface area contributed by atoms with E-state index in [4.69, 9.17) is 0 Å². The van der Waals surface area contributed by atoms with Gasteiger partial charge in [0.05, 0.1) is 4.90 Å². The fourth-order valence-corrected chi connectivity index (χ4v) is 2.25. The summed E-state index contributed by atoms with van der Waals surface area (Å²) >= 11 is 0. The summed E-state index contributed by atoms with van der Waals surface area (Å²) in [6.07, 6.45) is 0. The molecule has 0 bridgehead atoms. The molecule has 0 aliphatic carbocycles. The minimum atomic E-state index is -3.31. The molecular weight excluding hydrogens is 209 g/mol. The molecule has 1 radical (unpaired) electrons. The second-order valence-electron chi connectivity index (χ2n) is 3.09. The van der Waals surface area contributed by atoms with E-state index < -0.39 is 10.0 Å². The van der Waals surface area contributed by atoms with E-state index in [1.165, 1.54) is 0 Å². The van der Waals surface area contributed by atoms with Crippen LogP contribution in [0.4, 0.5) is 0 Å². The third-order valence-electron chi connectivity index (χ3n) is 1.44. The molecule has 0 spiro atoms. The summed E-state index contributed by atoms with van der Waals surface area (Å²) < 4.78 is 25.6. The van der Waals surface area contributed by atoms with Gasteiger partial charge in [0.25, 0.3) is 0 Å². The number of benzene rings is 1. The van der Waals surface area contributed by atoms with Gasteiger partial charge in [0.1, 0.15) is 0 Å². The second-order valence-corrected chi connectivity index (χ2v) is 4.80. The van der Waals surface area contributed by atoms with Gasteiger partial charge in [-0.2, -0.15) is 0 Å². The summed E-state index contributed by atoms with van der Waals surface area (Å²) in [6, 6.07) is 8.26. The summed E-state index contributed by atoms with van der Waals surface area (Å²) in [5, 5.41) is 0. The number of rotatable bonds is 3. The third kappa shape index (κ3) is 4.11. The van der Waals surface area contributed by atoms with E-state index >= 15 is 0 Å². The van der Waals surface area contributed by atoms with Crippen molar-refractivity contribution >= 4 is 39.6 Å². The maximum Gasteiger partial charge on any atom is 0.240 e. The van der Waals surface area contributed by atoms with Gasteiger partial charge in [-0.3, -0.25) is 0 Å². The number of sulfonamides is 1. The van der Waals surface area contributed by atoms with Crippen molar-refractivity contribution in [3.63, 3.8) is 0 Å². The molecule has 0 amide bonds.